The lowest BCUT2D eigenvalue weighted by atomic mass is 10.3. The molecule has 1 fully saturated rings. The van der Waals surface area contributed by atoms with E-state index in [2.05, 4.69) is 10.4 Å². The predicted octanol–water partition coefficient (Wildman–Crippen LogP) is 2.03. The van der Waals surface area contributed by atoms with Gasteiger partial charge in [0.1, 0.15) is 0 Å². The van der Waals surface area contributed by atoms with E-state index >= 15 is 0 Å². The molecule has 1 heterocycles. The second-order valence-corrected chi connectivity index (χ2v) is 4.68. The molecule has 1 saturated carbocycles. The standard InChI is InChI=1S/C13H14N4O2/c18-17(19)13-5-3-12(4-6-13)16-8-7-11(15-16)9-14-10-1-2-10/h3-8,10,14H,1-2,9H2. The zero-order valence-corrected chi connectivity index (χ0v) is 10.3. The van der Waals surface area contributed by atoms with Crippen molar-refractivity contribution in [2.24, 2.45) is 0 Å². The van der Waals surface area contributed by atoms with Crippen molar-refractivity contribution in [3.05, 3.63) is 52.3 Å². The van der Waals surface area contributed by atoms with Crippen molar-refractivity contribution in [1.29, 1.82) is 0 Å². The first-order chi connectivity index (χ1) is 9.22. The number of rotatable bonds is 5. The Bertz CT molecular complexity index is 587. The Kier molecular flexibility index (Phi) is 3.00. The Morgan fingerprint density at radius 3 is 2.68 bits per heavy atom. The topological polar surface area (TPSA) is 73.0 Å². The quantitative estimate of drug-likeness (QED) is 0.658. The fraction of sp³-hybridized carbons (Fsp3) is 0.308. The molecule has 0 bridgehead atoms. The van der Waals surface area contributed by atoms with Crippen LogP contribution in [0.4, 0.5) is 5.69 Å². The molecule has 1 aromatic heterocycles. The van der Waals surface area contributed by atoms with Crippen molar-refractivity contribution < 1.29 is 4.92 Å². The average molecular weight is 258 g/mol. The first-order valence-electron chi connectivity index (χ1n) is 6.25. The van der Waals surface area contributed by atoms with Crippen LogP contribution in [0.25, 0.3) is 5.69 Å². The third kappa shape index (κ3) is 2.79. The minimum absolute atomic E-state index is 0.0894. The van der Waals surface area contributed by atoms with Crippen molar-refractivity contribution in [3.63, 3.8) is 0 Å². The summed E-state index contributed by atoms with van der Waals surface area (Å²) in [6, 6.07) is 8.98. The maximum absolute atomic E-state index is 10.6. The van der Waals surface area contributed by atoms with E-state index in [0.717, 1.165) is 17.9 Å². The molecule has 0 spiro atoms. The van der Waals surface area contributed by atoms with Crippen LogP contribution in [-0.4, -0.2) is 20.7 Å². The van der Waals surface area contributed by atoms with E-state index in [4.69, 9.17) is 0 Å². The number of aromatic nitrogens is 2. The van der Waals surface area contributed by atoms with Crippen molar-refractivity contribution in [2.75, 3.05) is 0 Å². The lowest BCUT2D eigenvalue weighted by Crippen LogP contribution is -2.15. The highest BCUT2D eigenvalue weighted by Gasteiger charge is 2.20. The van der Waals surface area contributed by atoms with Crippen LogP contribution in [0.2, 0.25) is 0 Å². The van der Waals surface area contributed by atoms with E-state index < -0.39 is 4.92 Å². The maximum atomic E-state index is 10.6. The van der Waals surface area contributed by atoms with Gasteiger partial charge in [-0.05, 0) is 31.0 Å². The number of hydrogen-bond acceptors (Lipinski definition) is 4. The van der Waals surface area contributed by atoms with Gasteiger partial charge in [0.25, 0.3) is 5.69 Å². The van der Waals surface area contributed by atoms with Crippen molar-refractivity contribution in [2.45, 2.75) is 25.4 Å². The fourth-order valence-corrected chi connectivity index (χ4v) is 1.86. The van der Waals surface area contributed by atoms with E-state index in [-0.39, 0.29) is 5.69 Å². The molecule has 19 heavy (non-hydrogen) atoms. The molecule has 1 aliphatic carbocycles. The predicted molar refractivity (Wildman–Crippen MR) is 70.1 cm³/mol. The molecule has 1 aliphatic rings. The Morgan fingerprint density at radius 2 is 2.05 bits per heavy atom. The fourth-order valence-electron chi connectivity index (χ4n) is 1.86. The van der Waals surface area contributed by atoms with E-state index in [1.807, 2.05) is 12.3 Å². The van der Waals surface area contributed by atoms with E-state index in [9.17, 15) is 10.1 Å². The van der Waals surface area contributed by atoms with Gasteiger partial charge in [0.15, 0.2) is 0 Å². The molecule has 0 amide bonds. The van der Waals surface area contributed by atoms with Crippen molar-refractivity contribution in [1.82, 2.24) is 15.1 Å². The van der Waals surface area contributed by atoms with Gasteiger partial charge in [-0.25, -0.2) is 4.68 Å². The van der Waals surface area contributed by atoms with Crippen molar-refractivity contribution >= 4 is 5.69 Å². The Hall–Kier alpha value is -2.21. The Morgan fingerprint density at radius 1 is 1.32 bits per heavy atom. The van der Waals surface area contributed by atoms with E-state index in [1.54, 1.807) is 16.8 Å². The number of hydrogen-bond donors (Lipinski definition) is 1. The summed E-state index contributed by atoms with van der Waals surface area (Å²) >= 11 is 0. The molecule has 0 unspecified atom stereocenters. The molecule has 0 atom stereocenters. The van der Waals surface area contributed by atoms with Gasteiger partial charge in [0.05, 0.1) is 16.3 Å². The number of nitro groups is 1. The molecule has 6 nitrogen and oxygen atoms in total. The first kappa shape index (κ1) is 11.9. The Labute approximate surface area is 110 Å². The molecule has 6 heteroatoms. The summed E-state index contributed by atoms with van der Waals surface area (Å²) in [5, 5.41) is 18.4. The van der Waals surface area contributed by atoms with Crippen LogP contribution in [0.1, 0.15) is 18.5 Å². The van der Waals surface area contributed by atoms with Gasteiger partial charge >= 0.3 is 0 Å². The normalized spacial score (nSPS) is 14.5. The lowest BCUT2D eigenvalue weighted by molar-refractivity contribution is -0.384. The average Bonchev–Trinajstić information content (AvgIpc) is 3.13. The zero-order valence-electron chi connectivity index (χ0n) is 10.3. The summed E-state index contributed by atoms with van der Waals surface area (Å²) in [6.45, 7) is 0.769. The molecule has 98 valence electrons. The highest BCUT2D eigenvalue weighted by molar-refractivity contribution is 5.40. The monoisotopic (exact) mass is 258 g/mol. The van der Waals surface area contributed by atoms with Crippen LogP contribution in [-0.2, 0) is 6.54 Å². The SMILES string of the molecule is O=[N+]([O-])c1ccc(-n2ccc(CNC3CC3)n2)cc1. The molecular weight excluding hydrogens is 244 g/mol. The molecule has 1 aromatic carbocycles. The van der Waals surface area contributed by atoms with Crippen LogP contribution in [0.5, 0.6) is 0 Å². The molecule has 0 saturated heterocycles. The zero-order chi connectivity index (χ0) is 13.2. The van der Waals surface area contributed by atoms with Crippen LogP contribution in [0, 0.1) is 10.1 Å². The summed E-state index contributed by atoms with van der Waals surface area (Å²) in [5.41, 5.74) is 1.89. The highest BCUT2D eigenvalue weighted by atomic mass is 16.6. The minimum atomic E-state index is -0.405. The van der Waals surface area contributed by atoms with E-state index in [1.165, 1.54) is 25.0 Å². The van der Waals surface area contributed by atoms with Gasteiger partial charge < -0.3 is 5.32 Å². The Balaban J connectivity index is 1.71. The number of nitrogens with one attached hydrogen (secondary N) is 1. The van der Waals surface area contributed by atoms with Crippen LogP contribution in [0.3, 0.4) is 0 Å². The van der Waals surface area contributed by atoms with Crippen molar-refractivity contribution in [3.8, 4) is 5.69 Å². The molecule has 1 N–H and O–H groups in total. The number of benzene rings is 1. The largest absolute Gasteiger partial charge is 0.308 e. The summed E-state index contributed by atoms with van der Waals surface area (Å²) in [4.78, 5) is 10.2. The van der Waals surface area contributed by atoms with Gasteiger partial charge in [-0.3, -0.25) is 10.1 Å². The smallest absolute Gasteiger partial charge is 0.269 e. The third-order valence-corrected chi connectivity index (χ3v) is 3.12. The summed E-state index contributed by atoms with van der Waals surface area (Å²) in [7, 11) is 0. The van der Waals surface area contributed by atoms with Gasteiger partial charge in [-0.2, -0.15) is 5.10 Å². The minimum Gasteiger partial charge on any atom is -0.308 e. The lowest BCUT2D eigenvalue weighted by Gasteiger charge is -2.01. The molecule has 0 aliphatic heterocycles. The van der Waals surface area contributed by atoms with Gasteiger partial charge in [0.2, 0.25) is 0 Å². The van der Waals surface area contributed by atoms with Gasteiger partial charge in [0, 0.05) is 30.9 Å². The second kappa shape index (κ2) is 4.81. The number of nitro benzene ring substituents is 1. The first-order valence-corrected chi connectivity index (χ1v) is 6.25. The molecular formula is C13H14N4O2. The summed E-state index contributed by atoms with van der Waals surface area (Å²) in [6.07, 6.45) is 4.37. The van der Waals surface area contributed by atoms with Crippen LogP contribution in [0.15, 0.2) is 36.5 Å². The summed E-state index contributed by atoms with van der Waals surface area (Å²) in [5.74, 6) is 0. The van der Waals surface area contributed by atoms with Crippen LogP contribution >= 0.6 is 0 Å². The maximum Gasteiger partial charge on any atom is 0.269 e. The van der Waals surface area contributed by atoms with Gasteiger partial charge in [-0.15, -0.1) is 0 Å². The highest BCUT2D eigenvalue weighted by Crippen LogP contribution is 2.19. The third-order valence-electron chi connectivity index (χ3n) is 3.12. The molecule has 0 radical (unpaired) electrons. The van der Waals surface area contributed by atoms with E-state index in [0.29, 0.717) is 6.04 Å². The second-order valence-electron chi connectivity index (χ2n) is 4.68. The summed E-state index contributed by atoms with van der Waals surface area (Å²) < 4.78 is 1.73. The number of non-ortho nitro benzene ring substituents is 1. The molecule has 2 aromatic rings. The van der Waals surface area contributed by atoms with Crippen LogP contribution < -0.4 is 5.32 Å². The molecule has 3 rings (SSSR count). The van der Waals surface area contributed by atoms with Gasteiger partial charge in [-0.1, -0.05) is 0 Å². The number of nitrogens with zero attached hydrogens (tertiary/aromatic N) is 3.